The monoisotopic (exact) mass is 168 g/mol. The van der Waals surface area contributed by atoms with Crippen LogP contribution in [0.3, 0.4) is 0 Å². The van der Waals surface area contributed by atoms with E-state index in [1.807, 2.05) is 7.05 Å². The zero-order valence-electron chi connectivity index (χ0n) is 7.55. The summed E-state index contributed by atoms with van der Waals surface area (Å²) in [6.07, 6.45) is 3.82. The number of carbonyl (C=O) groups is 1. The van der Waals surface area contributed by atoms with Crippen LogP contribution < -0.4 is 5.32 Å². The maximum atomic E-state index is 11.6. The Balaban J connectivity index is 2.39. The van der Waals surface area contributed by atoms with E-state index in [-0.39, 0.29) is 11.9 Å². The predicted molar refractivity (Wildman–Crippen MR) is 48.9 cm³/mol. The first-order valence-corrected chi connectivity index (χ1v) is 4.35. The molecule has 1 aliphatic heterocycles. The molecule has 0 aliphatic carbocycles. The Bertz CT molecular complexity index is 173. The number of likely N-dealkylation sites (N-methyl/N-ethyl adjacent to an activating group) is 1. The van der Waals surface area contributed by atoms with Gasteiger partial charge in [0.25, 0.3) is 0 Å². The molecule has 1 fully saturated rings. The molecule has 1 aliphatic rings. The summed E-state index contributed by atoms with van der Waals surface area (Å²) in [5, 5.41) is 3.17. The van der Waals surface area contributed by atoms with Crippen LogP contribution in [0.25, 0.3) is 0 Å². The fourth-order valence-electron chi connectivity index (χ4n) is 1.44. The van der Waals surface area contributed by atoms with Gasteiger partial charge in [-0.15, -0.1) is 6.58 Å². The molecular weight excluding hydrogens is 152 g/mol. The van der Waals surface area contributed by atoms with Crippen molar-refractivity contribution >= 4 is 5.91 Å². The van der Waals surface area contributed by atoms with Gasteiger partial charge in [-0.2, -0.15) is 0 Å². The molecule has 1 amide bonds. The highest BCUT2D eigenvalue weighted by Gasteiger charge is 2.23. The highest BCUT2D eigenvalue weighted by molar-refractivity contribution is 5.82. The van der Waals surface area contributed by atoms with E-state index in [2.05, 4.69) is 11.9 Å². The van der Waals surface area contributed by atoms with Crippen molar-refractivity contribution in [2.45, 2.75) is 18.9 Å². The molecule has 1 saturated heterocycles. The van der Waals surface area contributed by atoms with Crippen molar-refractivity contribution < 1.29 is 4.79 Å². The first-order chi connectivity index (χ1) is 5.75. The highest BCUT2D eigenvalue weighted by Crippen LogP contribution is 2.07. The van der Waals surface area contributed by atoms with Crippen LogP contribution in [-0.2, 0) is 4.79 Å². The lowest BCUT2D eigenvalue weighted by molar-refractivity contribution is -0.131. The van der Waals surface area contributed by atoms with E-state index in [1.54, 1.807) is 11.0 Å². The normalized spacial score (nSPS) is 22.2. The molecule has 1 N–H and O–H groups in total. The number of hydrogen-bond donors (Lipinski definition) is 1. The van der Waals surface area contributed by atoms with Crippen molar-refractivity contribution in [3.63, 3.8) is 0 Å². The van der Waals surface area contributed by atoms with Gasteiger partial charge in [0.15, 0.2) is 0 Å². The molecular formula is C9H16N2O. The van der Waals surface area contributed by atoms with Gasteiger partial charge in [0.05, 0.1) is 6.04 Å². The van der Waals surface area contributed by atoms with Crippen molar-refractivity contribution in [3.8, 4) is 0 Å². The summed E-state index contributed by atoms with van der Waals surface area (Å²) in [7, 11) is 1.81. The van der Waals surface area contributed by atoms with E-state index >= 15 is 0 Å². The highest BCUT2D eigenvalue weighted by atomic mass is 16.2. The van der Waals surface area contributed by atoms with Gasteiger partial charge < -0.3 is 10.2 Å². The van der Waals surface area contributed by atoms with Crippen molar-refractivity contribution in [1.82, 2.24) is 10.2 Å². The van der Waals surface area contributed by atoms with E-state index < -0.39 is 0 Å². The van der Waals surface area contributed by atoms with Crippen LogP contribution in [0, 0.1) is 0 Å². The number of hydrogen-bond acceptors (Lipinski definition) is 2. The predicted octanol–water partition coefficient (Wildman–Crippen LogP) is 0.383. The van der Waals surface area contributed by atoms with Crippen LogP contribution in [0.2, 0.25) is 0 Å². The first-order valence-electron chi connectivity index (χ1n) is 4.35. The molecule has 3 nitrogen and oxygen atoms in total. The zero-order valence-corrected chi connectivity index (χ0v) is 7.55. The molecule has 0 aromatic heterocycles. The van der Waals surface area contributed by atoms with E-state index in [0.717, 1.165) is 19.4 Å². The van der Waals surface area contributed by atoms with Crippen LogP contribution in [0.4, 0.5) is 0 Å². The number of nitrogens with one attached hydrogen (secondary N) is 1. The van der Waals surface area contributed by atoms with Gasteiger partial charge in [0.2, 0.25) is 5.91 Å². The minimum Gasteiger partial charge on any atom is -0.341 e. The summed E-state index contributed by atoms with van der Waals surface area (Å²) in [5.74, 6) is 0.187. The quantitative estimate of drug-likeness (QED) is 0.618. The summed E-state index contributed by atoms with van der Waals surface area (Å²) >= 11 is 0. The van der Waals surface area contributed by atoms with Gasteiger partial charge in [0, 0.05) is 13.6 Å². The third-order valence-corrected chi connectivity index (χ3v) is 2.14. The van der Waals surface area contributed by atoms with Gasteiger partial charge in [-0.3, -0.25) is 4.79 Å². The van der Waals surface area contributed by atoms with Crippen LogP contribution in [0.5, 0.6) is 0 Å². The molecule has 1 atom stereocenters. The molecule has 12 heavy (non-hydrogen) atoms. The van der Waals surface area contributed by atoms with Gasteiger partial charge in [-0.25, -0.2) is 0 Å². The second-order valence-electron chi connectivity index (χ2n) is 3.16. The number of carbonyl (C=O) groups excluding carboxylic acids is 1. The second-order valence-corrected chi connectivity index (χ2v) is 3.16. The third kappa shape index (κ3) is 2.08. The van der Waals surface area contributed by atoms with Crippen LogP contribution in [0.15, 0.2) is 12.7 Å². The molecule has 0 aromatic carbocycles. The van der Waals surface area contributed by atoms with Crippen molar-refractivity contribution in [1.29, 1.82) is 0 Å². The maximum absolute atomic E-state index is 11.6. The minimum atomic E-state index is 0.0509. The molecule has 0 saturated carbocycles. The molecule has 1 heterocycles. The maximum Gasteiger partial charge on any atom is 0.239 e. The Morgan fingerprint density at radius 2 is 2.58 bits per heavy atom. The summed E-state index contributed by atoms with van der Waals surface area (Å²) in [4.78, 5) is 13.3. The molecule has 0 radical (unpaired) electrons. The van der Waals surface area contributed by atoms with Crippen molar-refractivity contribution in [2.75, 3.05) is 20.1 Å². The Labute approximate surface area is 73.4 Å². The van der Waals surface area contributed by atoms with Crippen molar-refractivity contribution in [3.05, 3.63) is 12.7 Å². The number of amides is 1. The molecule has 1 unspecified atom stereocenters. The summed E-state index contributed by atoms with van der Waals surface area (Å²) in [5.41, 5.74) is 0. The average molecular weight is 168 g/mol. The second kappa shape index (κ2) is 4.26. The SMILES string of the molecule is C=CCN(C)C(=O)C1CCCN1. The Hall–Kier alpha value is -0.830. The van der Waals surface area contributed by atoms with Crippen LogP contribution in [-0.4, -0.2) is 37.0 Å². The molecule has 0 bridgehead atoms. The Morgan fingerprint density at radius 1 is 1.83 bits per heavy atom. The first kappa shape index (κ1) is 9.26. The number of nitrogens with zero attached hydrogens (tertiary/aromatic N) is 1. The average Bonchev–Trinajstić information content (AvgIpc) is 2.55. The smallest absolute Gasteiger partial charge is 0.239 e. The fourth-order valence-corrected chi connectivity index (χ4v) is 1.44. The minimum absolute atomic E-state index is 0.0509. The third-order valence-electron chi connectivity index (χ3n) is 2.14. The summed E-state index contributed by atoms with van der Waals surface area (Å²) in [6.45, 7) is 5.20. The number of rotatable bonds is 3. The van der Waals surface area contributed by atoms with Gasteiger partial charge in [-0.1, -0.05) is 6.08 Å². The lowest BCUT2D eigenvalue weighted by Gasteiger charge is -2.19. The Kier molecular flexibility index (Phi) is 3.29. The van der Waals surface area contributed by atoms with E-state index in [0.29, 0.717) is 6.54 Å². The van der Waals surface area contributed by atoms with Crippen LogP contribution >= 0.6 is 0 Å². The topological polar surface area (TPSA) is 32.3 Å². The van der Waals surface area contributed by atoms with Gasteiger partial charge in [-0.05, 0) is 19.4 Å². The molecule has 0 aromatic rings. The van der Waals surface area contributed by atoms with E-state index in [1.165, 1.54) is 0 Å². The van der Waals surface area contributed by atoms with Crippen LogP contribution in [0.1, 0.15) is 12.8 Å². The van der Waals surface area contributed by atoms with Gasteiger partial charge in [0.1, 0.15) is 0 Å². The van der Waals surface area contributed by atoms with Gasteiger partial charge >= 0.3 is 0 Å². The van der Waals surface area contributed by atoms with E-state index in [9.17, 15) is 4.79 Å². The lowest BCUT2D eigenvalue weighted by Crippen LogP contribution is -2.41. The zero-order chi connectivity index (χ0) is 8.97. The fraction of sp³-hybridized carbons (Fsp3) is 0.667. The Morgan fingerprint density at radius 3 is 3.08 bits per heavy atom. The molecule has 1 rings (SSSR count). The molecule has 0 spiro atoms. The molecule has 3 heteroatoms. The van der Waals surface area contributed by atoms with E-state index in [4.69, 9.17) is 0 Å². The summed E-state index contributed by atoms with van der Waals surface area (Å²) < 4.78 is 0. The van der Waals surface area contributed by atoms with Crippen molar-refractivity contribution in [2.24, 2.45) is 0 Å². The summed E-state index contributed by atoms with van der Waals surface area (Å²) in [6, 6.07) is 0.0509. The largest absolute Gasteiger partial charge is 0.341 e. The lowest BCUT2D eigenvalue weighted by atomic mass is 10.2. The standard InChI is InChI=1S/C9H16N2O/c1-3-7-11(2)9(12)8-5-4-6-10-8/h3,8,10H,1,4-7H2,2H3. The molecule has 68 valence electrons.